The van der Waals surface area contributed by atoms with Crippen molar-refractivity contribution in [3.8, 4) is 17.2 Å². The summed E-state index contributed by atoms with van der Waals surface area (Å²) in [4.78, 5) is 24.9. The lowest BCUT2D eigenvalue weighted by Crippen LogP contribution is -2.15. The van der Waals surface area contributed by atoms with E-state index in [2.05, 4.69) is 4.57 Å². The van der Waals surface area contributed by atoms with Gasteiger partial charge in [0.2, 0.25) is 11.5 Å². The number of methoxy groups -OCH3 is 4. The van der Waals surface area contributed by atoms with Gasteiger partial charge >= 0.3 is 5.97 Å². The van der Waals surface area contributed by atoms with Gasteiger partial charge in [0.25, 0.3) is 0 Å². The maximum Gasteiger partial charge on any atom is 0.306 e. The van der Waals surface area contributed by atoms with Gasteiger partial charge in [0.1, 0.15) is 0 Å². The predicted octanol–water partition coefficient (Wildman–Crippen LogP) is 3.53. The molecule has 0 saturated carbocycles. The Morgan fingerprint density at radius 3 is 2.16 bits per heavy atom. The summed E-state index contributed by atoms with van der Waals surface area (Å²) in [6.07, 6.45) is 1.40. The number of ether oxygens (including phenoxy) is 5. The lowest BCUT2D eigenvalue weighted by Gasteiger charge is -2.14. The van der Waals surface area contributed by atoms with E-state index in [1.165, 1.54) is 21.3 Å². The molecular formula is C24H33NO7. The van der Waals surface area contributed by atoms with Crippen LogP contribution in [0.3, 0.4) is 0 Å². The maximum absolute atomic E-state index is 12.6. The first-order chi connectivity index (χ1) is 15.4. The largest absolute Gasteiger partial charge is 0.493 e. The van der Waals surface area contributed by atoms with Crippen LogP contribution in [0.4, 0.5) is 0 Å². The standard InChI is InChI=1S/C24H33NO7/c1-16-12-19(17(2)25(16)10-7-11-28-3)20(26)15-32-23(27)9-8-18-13-21(29-4)24(31-6)22(14-18)30-5/h12-14H,7-11,15H2,1-6H3. The second-order valence-electron chi connectivity index (χ2n) is 7.40. The number of rotatable bonds is 13. The Kier molecular flexibility index (Phi) is 9.59. The lowest BCUT2D eigenvalue weighted by atomic mass is 10.1. The van der Waals surface area contributed by atoms with E-state index in [4.69, 9.17) is 23.7 Å². The highest BCUT2D eigenvalue weighted by atomic mass is 16.5. The quantitative estimate of drug-likeness (QED) is 0.264. The van der Waals surface area contributed by atoms with Crippen molar-refractivity contribution in [3.63, 3.8) is 0 Å². The number of aryl methyl sites for hydroxylation is 2. The molecule has 176 valence electrons. The normalized spacial score (nSPS) is 10.7. The summed E-state index contributed by atoms with van der Waals surface area (Å²) >= 11 is 0. The summed E-state index contributed by atoms with van der Waals surface area (Å²) in [6, 6.07) is 5.42. The Balaban J connectivity index is 1.94. The van der Waals surface area contributed by atoms with Gasteiger partial charge in [-0.25, -0.2) is 0 Å². The van der Waals surface area contributed by atoms with Crippen LogP contribution in [0.25, 0.3) is 0 Å². The van der Waals surface area contributed by atoms with Crippen molar-refractivity contribution < 1.29 is 33.3 Å². The third-order valence-corrected chi connectivity index (χ3v) is 5.31. The van der Waals surface area contributed by atoms with E-state index in [1.807, 2.05) is 19.9 Å². The van der Waals surface area contributed by atoms with E-state index >= 15 is 0 Å². The number of carbonyl (C=O) groups excluding carboxylic acids is 2. The maximum atomic E-state index is 12.6. The molecule has 0 aliphatic rings. The van der Waals surface area contributed by atoms with Gasteiger partial charge in [0.15, 0.2) is 18.1 Å². The first-order valence-corrected chi connectivity index (χ1v) is 10.5. The molecule has 1 aromatic carbocycles. The van der Waals surface area contributed by atoms with Gasteiger partial charge in [-0.1, -0.05) is 0 Å². The van der Waals surface area contributed by atoms with Crippen molar-refractivity contribution in [1.82, 2.24) is 4.57 Å². The van der Waals surface area contributed by atoms with Crippen molar-refractivity contribution in [1.29, 1.82) is 0 Å². The predicted molar refractivity (Wildman–Crippen MR) is 120 cm³/mol. The zero-order valence-electron chi connectivity index (χ0n) is 19.8. The van der Waals surface area contributed by atoms with Crippen LogP contribution in [0.5, 0.6) is 17.2 Å². The van der Waals surface area contributed by atoms with E-state index in [0.717, 1.165) is 29.9 Å². The average molecular weight is 448 g/mol. The molecule has 8 nitrogen and oxygen atoms in total. The molecule has 2 aromatic rings. The molecule has 0 spiro atoms. The van der Waals surface area contributed by atoms with Gasteiger partial charge in [0.05, 0.1) is 21.3 Å². The van der Waals surface area contributed by atoms with Crippen LogP contribution in [0, 0.1) is 13.8 Å². The topological polar surface area (TPSA) is 85.2 Å². The number of Topliss-reactive ketones (excluding diaryl/α,β-unsaturated/α-hetero) is 1. The van der Waals surface area contributed by atoms with Crippen molar-refractivity contribution >= 4 is 11.8 Å². The molecule has 0 unspecified atom stereocenters. The number of hydrogen-bond acceptors (Lipinski definition) is 7. The molecule has 1 heterocycles. The Bertz CT molecular complexity index is 908. The Morgan fingerprint density at radius 2 is 1.59 bits per heavy atom. The zero-order chi connectivity index (χ0) is 23.7. The van der Waals surface area contributed by atoms with Crippen LogP contribution < -0.4 is 14.2 Å². The number of aromatic nitrogens is 1. The van der Waals surface area contributed by atoms with E-state index in [-0.39, 0.29) is 18.8 Å². The fraction of sp³-hybridized carbons (Fsp3) is 0.500. The molecule has 0 amide bonds. The van der Waals surface area contributed by atoms with Crippen LogP contribution in [0.15, 0.2) is 18.2 Å². The molecule has 2 rings (SSSR count). The minimum atomic E-state index is -0.444. The molecule has 0 aliphatic heterocycles. The molecule has 0 N–H and O–H groups in total. The Morgan fingerprint density at radius 1 is 0.938 bits per heavy atom. The second-order valence-corrected chi connectivity index (χ2v) is 7.40. The number of esters is 1. The molecule has 0 radical (unpaired) electrons. The first-order valence-electron chi connectivity index (χ1n) is 10.5. The Hall–Kier alpha value is -3.00. The molecule has 0 atom stereocenters. The number of benzene rings is 1. The summed E-state index contributed by atoms with van der Waals surface area (Å²) in [5.74, 6) is 0.877. The second kappa shape index (κ2) is 12.1. The zero-order valence-corrected chi connectivity index (χ0v) is 19.8. The van der Waals surface area contributed by atoms with Crippen LogP contribution in [0.2, 0.25) is 0 Å². The van der Waals surface area contributed by atoms with Gasteiger partial charge in [-0.3, -0.25) is 9.59 Å². The highest BCUT2D eigenvalue weighted by molar-refractivity contribution is 5.99. The number of nitrogens with zero attached hydrogens (tertiary/aromatic N) is 1. The van der Waals surface area contributed by atoms with Gasteiger partial charge in [0, 0.05) is 43.6 Å². The van der Waals surface area contributed by atoms with Crippen LogP contribution in [-0.4, -0.2) is 58.0 Å². The lowest BCUT2D eigenvalue weighted by molar-refractivity contribution is -0.142. The molecular weight excluding hydrogens is 414 g/mol. The van der Waals surface area contributed by atoms with Crippen molar-refractivity contribution in [3.05, 3.63) is 40.7 Å². The van der Waals surface area contributed by atoms with Gasteiger partial charge in [-0.2, -0.15) is 0 Å². The van der Waals surface area contributed by atoms with E-state index in [9.17, 15) is 9.59 Å². The number of ketones is 1. The fourth-order valence-electron chi connectivity index (χ4n) is 3.62. The van der Waals surface area contributed by atoms with Crippen molar-refractivity contribution in [2.45, 2.75) is 39.7 Å². The molecule has 0 fully saturated rings. The summed E-state index contributed by atoms with van der Waals surface area (Å²) in [6.45, 7) is 5.01. The molecule has 32 heavy (non-hydrogen) atoms. The number of hydrogen-bond donors (Lipinski definition) is 0. The van der Waals surface area contributed by atoms with Crippen molar-refractivity contribution in [2.75, 3.05) is 41.7 Å². The minimum absolute atomic E-state index is 0.127. The molecule has 0 aliphatic carbocycles. The third kappa shape index (κ3) is 6.26. The Labute approximate surface area is 189 Å². The highest BCUT2D eigenvalue weighted by Crippen LogP contribution is 2.38. The third-order valence-electron chi connectivity index (χ3n) is 5.31. The minimum Gasteiger partial charge on any atom is -0.493 e. The molecule has 0 saturated heterocycles. The average Bonchev–Trinajstić information content (AvgIpc) is 3.08. The van der Waals surface area contributed by atoms with E-state index < -0.39 is 5.97 Å². The summed E-state index contributed by atoms with van der Waals surface area (Å²) in [5.41, 5.74) is 3.28. The molecule has 1 aromatic heterocycles. The smallest absolute Gasteiger partial charge is 0.306 e. The van der Waals surface area contributed by atoms with Crippen LogP contribution in [-0.2, 0) is 27.2 Å². The summed E-state index contributed by atoms with van der Waals surface area (Å²) in [5, 5.41) is 0. The van der Waals surface area contributed by atoms with E-state index in [1.54, 1.807) is 19.2 Å². The molecule has 0 bridgehead atoms. The van der Waals surface area contributed by atoms with Gasteiger partial charge < -0.3 is 28.3 Å². The summed E-state index contributed by atoms with van der Waals surface area (Å²) < 4.78 is 28.4. The monoisotopic (exact) mass is 447 g/mol. The van der Waals surface area contributed by atoms with Gasteiger partial charge in [-0.05, 0) is 50.5 Å². The van der Waals surface area contributed by atoms with E-state index in [0.29, 0.717) is 35.8 Å². The van der Waals surface area contributed by atoms with Gasteiger partial charge in [-0.15, -0.1) is 0 Å². The highest BCUT2D eigenvalue weighted by Gasteiger charge is 2.18. The fourth-order valence-corrected chi connectivity index (χ4v) is 3.62. The van der Waals surface area contributed by atoms with Crippen LogP contribution >= 0.6 is 0 Å². The number of carbonyl (C=O) groups is 2. The van der Waals surface area contributed by atoms with Crippen molar-refractivity contribution in [2.24, 2.45) is 0 Å². The van der Waals surface area contributed by atoms with Crippen LogP contribution in [0.1, 0.15) is 40.2 Å². The first kappa shape index (κ1) is 25.3. The SMILES string of the molecule is COCCCn1c(C)cc(C(=O)COC(=O)CCc2cc(OC)c(OC)c(OC)c2)c1C. The summed E-state index contributed by atoms with van der Waals surface area (Å²) in [7, 11) is 6.27. The molecule has 8 heteroatoms.